The molecule has 0 heterocycles. The highest BCUT2D eigenvalue weighted by Gasteiger charge is 2.29. The molecule has 0 amide bonds. The van der Waals surface area contributed by atoms with Crippen LogP contribution in [-0.4, -0.2) is 19.3 Å². The SMILES string of the molecule is CCCC1CCC(CN)C(OCC)C1. The molecule has 1 rings (SSSR count). The smallest absolute Gasteiger partial charge is 0.0617 e. The number of ether oxygens (including phenoxy) is 1. The summed E-state index contributed by atoms with van der Waals surface area (Å²) in [6.45, 7) is 5.98. The predicted octanol–water partition coefficient (Wildman–Crippen LogP) is 2.57. The molecule has 1 aliphatic rings. The lowest BCUT2D eigenvalue weighted by molar-refractivity contribution is -0.0184. The van der Waals surface area contributed by atoms with E-state index in [4.69, 9.17) is 10.5 Å². The van der Waals surface area contributed by atoms with Crippen LogP contribution in [0, 0.1) is 11.8 Å². The largest absolute Gasteiger partial charge is 0.378 e. The van der Waals surface area contributed by atoms with Gasteiger partial charge in [0.1, 0.15) is 0 Å². The first-order chi connectivity index (χ1) is 6.81. The van der Waals surface area contributed by atoms with Crippen molar-refractivity contribution in [2.45, 2.75) is 52.1 Å². The first-order valence-corrected chi connectivity index (χ1v) is 6.13. The van der Waals surface area contributed by atoms with Crippen molar-refractivity contribution in [1.29, 1.82) is 0 Å². The molecule has 0 saturated heterocycles. The Morgan fingerprint density at radius 2 is 2.07 bits per heavy atom. The second-order valence-electron chi connectivity index (χ2n) is 4.46. The number of rotatable bonds is 5. The molecular formula is C12H25NO. The topological polar surface area (TPSA) is 35.2 Å². The van der Waals surface area contributed by atoms with Crippen molar-refractivity contribution in [3.63, 3.8) is 0 Å². The van der Waals surface area contributed by atoms with E-state index in [2.05, 4.69) is 13.8 Å². The van der Waals surface area contributed by atoms with E-state index in [1.165, 1.54) is 32.1 Å². The van der Waals surface area contributed by atoms with Crippen molar-refractivity contribution in [2.75, 3.05) is 13.2 Å². The standard InChI is InChI=1S/C12H25NO/c1-3-5-10-6-7-11(9-13)12(8-10)14-4-2/h10-12H,3-9,13H2,1-2H3. The molecular weight excluding hydrogens is 174 g/mol. The van der Waals surface area contributed by atoms with Gasteiger partial charge in [0.15, 0.2) is 0 Å². The van der Waals surface area contributed by atoms with E-state index in [1.54, 1.807) is 0 Å². The lowest BCUT2D eigenvalue weighted by Gasteiger charge is -2.35. The lowest BCUT2D eigenvalue weighted by Crippen LogP contribution is -2.36. The Morgan fingerprint density at radius 1 is 1.29 bits per heavy atom. The summed E-state index contributed by atoms with van der Waals surface area (Å²) >= 11 is 0. The molecule has 84 valence electrons. The van der Waals surface area contributed by atoms with Crippen molar-refractivity contribution < 1.29 is 4.74 Å². The molecule has 0 aromatic rings. The molecule has 2 nitrogen and oxygen atoms in total. The van der Waals surface area contributed by atoms with Crippen molar-refractivity contribution >= 4 is 0 Å². The average molecular weight is 199 g/mol. The van der Waals surface area contributed by atoms with Crippen LogP contribution in [0.4, 0.5) is 0 Å². The number of hydrogen-bond donors (Lipinski definition) is 1. The molecule has 0 aliphatic heterocycles. The summed E-state index contributed by atoms with van der Waals surface area (Å²) in [5.41, 5.74) is 5.76. The minimum atomic E-state index is 0.440. The van der Waals surface area contributed by atoms with Gasteiger partial charge >= 0.3 is 0 Å². The summed E-state index contributed by atoms with van der Waals surface area (Å²) in [6.07, 6.45) is 6.97. The van der Waals surface area contributed by atoms with Crippen LogP contribution >= 0.6 is 0 Å². The van der Waals surface area contributed by atoms with Gasteiger partial charge in [-0.2, -0.15) is 0 Å². The fourth-order valence-corrected chi connectivity index (χ4v) is 2.63. The van der Waals surface area contributed by atoms with Crippen LogP contribution in [0.25, 0.3) is 0 Å². The van der Waals surface area contributed by atoms with E-state index < -0.39 is 0 Å². The average Bonchev–Trinajstić information content (AvgIpc) is 2.19. The summed E-state index contributed by atoms with van der Waals surface area (Å²) in [5, 5.41) is 0. The highest BCUT2D eigenvalue weighted by molar-refractivity contribution is 4.81. The molecule has 3 unspecified atom stereocenters. The zero-order valence-electron chi connectivity index (χ0n) is 9.67. The maximum absolute atomic E-state index is 5.78. The fourth-order valence-electron chi connectivity index (χ4n) is 2.63. The van der Waals surface area contributed by atoms with Gasteiger partial charge in [0.2, 0.25) is 0 Å². The molecule has 2 N–H and O–H groups in total. The summed E-state index contributed by atoms with van der Waals surface area (Å²) in [7, 11) is 0. The van der Waals surface area contributed by atoms with Crippen molar-refractivity contribution in [3.05, 3.63) is 0 Å². The quantitative estimate of drug-likeness (QED) is 0.738. The van der Waals surface area contributed by atoms with Gasteiger partial charge in [0.25, 0.3) is 0 Å². The molecule has 14 heavy (non-hydrogen) atoms. The van der Waals surface area contributed by atoms with Crippen LogP contribution < -0.4 is 5.73 Å². The van der Waals surface area contributed by atoms with Crippen molar-refractivity contribution in [1.82, 2.24) is 0 Å². The lowest BCUT2D eigenvalue weighted by atomic mass is 9.78. The monoisotopic (exact) mass is 199 g/mol. The fraction of sp³-hybridized carbons (Fsp3) is 1.00. The molecule has 0 bridgehead atoms. The predicted molar refractivity (Wildman–Crippen MR) is 60.2 cm³/mol. The Morgan fingerprint density at radius 3 is 2.64 bits per heavy atom. The zero-order chi connectivity index (χ0) is 10.4. The molecule has 0 spiro atoms. The Balaban J connectivity index is 2.39. The number of hydrogen-bond acceptors (Lipinski definition) is 2. The van der Waals surface area contributed by atoms with E-state index in [9.17, 15) is 0 Å². The van der Waals surface area contributed by atoms with Gasteiger partial charge < -0.3 is 10.5 Å². The summed E-state index contributed by atoms with van der Waals surface area (Å²) < 4.78 is 5.78. The molecule has 1 aliphatic carbocycles. The highest BCUT2D eigenvalue weighted by Crippen LogP contribution is 2.33. The minimum Gasteiger partial charge on any atom is -0.378 e. The molecule has 0 aromatic heterocycles. The van der Waals surface area contributed by atoms with Gasteiger partial charge in [-0.1, -0.05) is 19.8 Å². The third kappa shape index (κ3) is 3.25. The van der Waals surface area contributed by atoms with Gasteiger partial charge in [0.05, 0.1) is 6.10 Å². The summed E-state index contributed by atoms with van der Waals surface area (Å²) in [6, 6.07) is 0. The Bertz CT molecular complexity index is 149. The second kappa shape index (κ2) is 6.41. The van der Waals surface area contributed by atoms with E-state index in [0.717, 1.165) is 19.1 Å². The van der Waals surface area contributed by atoms with Crippen molar-refractivity contribution in [2.24, 2.45) is 17.6 Å². The minimum absolute atomic E-state index is 0.440. The van der Waals surface area contributed by atoms with E-state index in [-0.39, 0.29) is 0 Å². The van der Waals surface area contributed by atoms with Crippen LogP contribution in [0.1, 0.15) is 46.0 Å². The van der Waals surface area contributed by atoms with Gasteiger partial charge in [-0.3, -0.25) is 0 Å². The first kappa shape index (κ1) is 12.0. The van der Waals surface area contributed by atoms with Gasteiger partial charge in [-0.05, 0) is 44.6 Å². The number of nitrogens with two attached hydrogens (primary N) is 1. The third-order valence-corrected chi connectivity index (χ3v) is 3.42. The summed E-state index contributed by atoms with van der Waals surface area (Å²) in [5.74, 6) is 1.50. The van der Waals surface area contributed by atoms with E-state index in [1.807, 2.05) is 0 Å². The van der Waals surface area contributed by atoms with Crippen molar-refractivity contribution in [3.8, 4) is 0 Å². The zero-order valence-corrected chi connectivity index (χ0v) is 9.67. The van der Waals surface area contributed by atoms with Gasteiger partial charge in [0, 0.05) is 6.61 Å². The van der Waals surface area contributed by atoms with Crippen LogP contribution in [0.5, 0.6) is 0 Å². The first-order valence-electron chi connectivity index (χ1n) is 6.13. The molecule has 0 aromatic carbocycles. The Kier molecular flexibility index (Phi) is 5.49. The van der Waals surface area contributed by atoms with Crippen LogP contribution in [0.3, 0.4) is 0 Å². The molecule has 0 radical (unpaired) electrons. The Labute approximate surface area is 88.2 Å². The van der Waals surface area contributed by atoms with Gasteiger partial charge in [-0.25, -0.2) is 0 Å². The molecule has 1 saturated carbocycles. The van der Waals surface area contributed by atoms with E-state index in [0.29, 0.717) is 12.0 Å². The molecule has 1 fully saturated rings. The maximum atomic E-state index is 5.78. The molecule has 2 heteroatoms. The molecule has 3 atom stereocenters. The highest BCUT2D eigenvalue weighted by atomic mass is 16.5. The second-order valence-corrected chi connectivity index (χ2v) is 4.46. The van der Waals surface area contributed by atoms with Crippen LogP contribution in [0.2, 0.25) is 0 Å². The van der Waals surface area contributed by atoms with Gasteiger partial charge in [-0.15, -0.1) is 0 Å². The normalized spacial score (nSPS) is 33.2. The van der Waals surface area contributed by atoms with Crippen LogP contribution in [-0.2, 0) is 4.74 Å². The summed E-state index contributed by atoms with van der Waals surface area (Å²) in [4.78, 5) is 0. The maximum Gasteiger partial charge on any atom is 0.0617 e. The Hall–Kier alpha value is -0.0800. The van der Waals surface area contributed by atoms with Crippen LogP contribution in [0.15, 0.2) is 0 Å². The third-order valence-electron chi connectivity index (χ3n) is 3.42. The van der Waals surface area contributed by atoms with E-state index >= 15 is 0 Å².